The van der Waals surface area contributed by atoms with Crippen molar-refractivity contribution in [3.8, 4) is 0 Å². The zero-order chi connectivity index (χ0) is 15.4. The lowest BCUT2D eigenvalue weighted by molar-refractivity contribution is -0.134. The molecule has 5 nitrogen and oxygen atoms in total. The van der Waals surface area contributed by atoms with Gasteiger partial charge in [0.05, 0.1) is 0 Å². The van der Waals surface area contributed by atoms with Crippen LogP contribution in [0.1, 0.15) is 17.3 Å². The molecule has 2 rings (SSSR count). The van der Waals surface area contributed by atoms with Crippen LogP contribution in [0.4, 0.5) is 0 Å². The van der Waals surface area contributed by atoms with Gasteiger partial charge in [0.15, 0.2) is 0 Å². The van der Waals surface area contributed by atoms with Crippen molar-refractivity contribution in [2.24, 2.45) is 0 Å². The van der Waals surface area contributed by atoms with Crippen LogP contribution in [0.3, 0.4) is 0 Å². The van der Waals surface area contributed by atoms with E-state index in [2.05, 4.69) is 6.58 Å². The Labute approximate surface area is 123 Å². The maximum Gasteiger partial charge on any atom is 0.295 e. The van der Waals surface area contributed by atoms with E-state index in [4.69, 9.17) is 0 Å². The number of nitrogens with zero attached hydrogens (tertiary/aromatic N) is 2. The molecule has 5 heteroatoms. The van der Waals surface area contributed by atoms with E-state index in [0.717, 1.165) is 0 Å². The molecule has 1 saturated heterocycles. The van der Waals surface area contributed by atoms with Crippen molar-refractivity contribution in [1.82, 2.24) is 9.80 Å². The van der Waals surface area contributed by atoms with Crippen LogP contribution in [0.25, 0.3) is 0 Å². The van der Waals surface area contributed by atoms with Gasteiger partial charge in [-0.2, -0.15) is 0 Å². The van der Waals surface area contributed by atoms with Gasteiger partial charge >= 0.3 is 0 Å². The van der Waals surface area contributed by atoms with Gasteiger partial charge in [0.1, 0.15) is 0 Å². The smallest absolute Gasteiger partial charge is 0.295 e. The Morgan fingerprint density at radius 3 is 1.86 bits per heavy atom. The molecule has 0 unspecified atom stereocenters. The van der Waals surface area contributed by atoms with E-state index in [1.54, 1.807) is 42.2 Å². The minimum atomic E-state index is -0.511. The zero-order valence-corrected chi connectivity index (χ0v) is 12.0. The standard InChI is InChI=1S/C16H18N2O3/c1-12(2)15(20)17-8-10-18(11-9-17)16(21)14(19)13-6-4-3-5-7-13/h3-7H,1,8-11H2,2H3. The van der Waals surface area contributed by atoms with Crippen molar-refractivity contribution >= 4 is 17.6 Å². The lowest BCUT2D eigenvalue weighted by Crippen LogP contribution is -2.52. The molecule has 0 aromatic heterocycles. The molecule has 0 radical (unpaired) electrons. The van der Waals surface area contributed by atoms with Gasteiger partial charge in [-0.3, -0.25) is 14.4 Å². The van der Waals surface area contributed by atoms with Crippen LogP contribution in [-0.2, 0) is 9.59 Å². The summed E-state index contributed by atoms with van der Waals surface area (Å²) in [5.41, 5.74) is 0.873. The SMILES string of the molecule is C=C(C)C(=O)N1CCN(C(=O)C(=O)c2ccccc2)CC1. The second kappa shape index (κ2) is 6.35. The zero-order valence-electron chi connectivity index (χ0n) is 12.0. The van der Waals surface area contributed by atoms with E-state index >= 15 is 0 Å². The number of carbonyl (C=O) groups is 3. The fourth-order valence-electron chi connectivity index (χ4n) is 2.24. The number of hydrogen-bond donors (Lipinski definition) is 0. The molecule has 1 fully saturated rings. The van der Waals surface area contributed by atoms with Crippen LogP contribution in [0.5, 0.6) is 0 Å². The number of piperazine rings is 1. The van der Waals surface area contributed by atoms with Gasteiger partial charge in [-0.1, -0.05) is 36.9 Å². The van der Waals surface area contributed by atoms with Gasteiger partial charge in [0, 0.05) is 37.3 Å². The second-order valence-electron chi connectivity index (χ2n) is 5.06. The predicted molar refractivity (Wildman–Crippen MR) is 78.7 cm³/mol. The maximum absolute atomic E-state index is 12.2. The number of amides is 2. The van der Waals surface area contributed by atoms with Gasteiger partial charge < -0.3 is 9.80 Å². The van der Waals surface area contributed by atoms with Gasteiger partial charge in [0.25, 0.3) is 5.91 Å². The Morgan fingerprint density at radius 2 is 1.38 bits per heavy atom. The average Bonchev–Trinajstić information content (AvgIpc) is 2.53. The molecule has 0 saturated carbocycles. The Kier molecular flexibility index (Phi) is 4.52. The second-order valence-corrected chi connectivity index (χ2v) is 5.06. The molecule has 1 heterocycles. The summed E-state index contributed by atoms with van der Waals surface area (Å²) in [6, 6.07) is 8.50. The van der Waals surface area contributed by atoms with Crippen molar-refractivity contribution in [2.75, 3.05) is 26.2 Å². The molecule has 2 amide bonds. The van der Waals surface area contributed by atoms with Crippen LogP contribution in [0.15, 0.2) is 42.5 Å². The van der Waals surface area contributed by atoms with Crippen molar-refractivity contribution in [3.63, 3.8) is 0 Å². The minimum Gasteiger partial charge on any atom is -0.335 e. The fourth-order valence-corrected chi connectivity index (χ4v) is 2.24. The highest BCUT2D eigenvalue weighted by molar-refractivity contribution is 6.42. The molecule has 0 N–H and O–H groups in total. The molecule has 21 heavy (non-hydrogen) atoms. The number of hydrogen-bond acceptors (Lipinski definition) is 3. The first-order valence-corrected chi connectivity index (χ1v) is 6.84. The molecular formula is C16H18N2O3. The fraction of sp³-hybridized carbons (Fsp3) is 0.312. The lowest BCUT2D eigenvalue weighted by Gasteiger charge is -2.34. The molecule has 1 aromatic rings. The van der Waals surface area contributed by atoms with Gasteiger partial charge in [-0.25, -0.2) is 0 Å². The summed E-state index contributed by atoms with van der Waals surface area (Å²) < 4.78 is 0. The summed E-state index contributed by atoms with van der Waals surface area (Å²) in [5, 5.41) is 0. The van der Waals surface area contributed by atoms with Crippen molar-refractivity contribution in [2.45, 2.75) is 6.92 Å². The first kappa shape index (κ1) is 15.0. The van der Waals surface area contributed by atoms with E-state index in [-0.39, 0.29) is 5.91 Å². The summed E-state index contributed by atoms with van der Waals surface area (Å²) in [6.07, 6.45) is 0. The molecule has 110 valence electrons. The highest BCUT2D eigenvalue weighted by Crippen LogP contribution is 2.09. The molecule has 1 aliphatic heterocycles. The quantitative estimate of drug-likeness (QED) is 0.475. The Hall–Kier alpha value is -2.43. The molecule has 1 aliphatic rings. The third-order valence-electron chi connectivity index (χ3n) is 3.45. The normalized spacial score (nSPS) is 14.7. The third kappa shape index (κ3) is 3.37. The molecule has 0 atom stereocenters. The highest BCUT2D eigenvalue weighted by Gasteiger charge is 2.28. The first-order valence-electron chi connectivity index (χ1n) is 6.84. The van der Waals surface area contributed by atoms with Crippen LogP contribution in [0.2, 0.25) is 0 Å². The van der Waals surface area contributed by atoms with Gasteiger partial charge in [0.2, 0.25) is 11.7 Å². The monoisotopic (exact) mass is 286 g/mol. The number of rotatable bonds is 3. The van der Waals surface area contributed by atoms with Crippen molar-refractivity contribution in [1.29, 1.82) is 0 Å². The highest BCUT2D eigenvalue weighted by atomic mass is 16.2. The molecule has 0 bridgehead atoms. The first-order chi connectivity index (χ1) is 10.0. The third-order valence-corrected chi connectivity index (χ3v) is 3.45. The van der Waals surface area contributed by atoms with Gasteiger partial charge in [-0.15, -0.1) is 0 Å². The maximum atomic E-state index is 12.2. The van der Waals surface area contributed by atoms with E-state index in [1.165, 1.54) is 4.90 Å². The summed E-state index contributed by atoms with van der Waals surface area (Å²) in [7, 11) is 0. The minimum absolute atomic E-state index is 0.100. The van der Waals surface area contributed by atoms with Crippen LogP contribution >= 0.6 is 0 Å². The van der Waals surface area contributed by atoms with E-state index in [1.807, 2.05) is 0 Å². The van der Waals surface area contributed by atoms with Gasteiger partial charge in [-0.05, 0) is 6.92 Å². The number of ketones is 1. The number of benzene rings is 1. The molecular weight excluding hydrogens is 268 g/mol. The van der Waals surface area contributed by atoms with Crippen LogP contribution in [-0.4, -0.2) is 53.6 Å². The summed E-state index contributed by atoms with van der Waals surface area (Å²) in [4.78, 5) is 39.2. The average molecular weight is 286 g/mol. The van der Waals surface area contributed by atoms with Crippen molar-refractivity contribution < 1.29 is 14.4 Å². The summed E-state index contributed by atoms with van der Waals surface area (Å²) >= 11 is 0. The number of Topliss-reactive ketones (excluding diaryl/α,β-unsaturated/α-hetero) is 1. The van der Waals surface area contributed by atoms with E-state index < -0.39 is 11.7 Å². The van der Waals surface area contributed by atoms with Crippen molar-refractivity contribution in [3.05, 3.63) is 48.0 Å². The Bertz CT molecular complexity index is 572. The summed E-state index contributed by atoms with van der Waals surface area (Å²) in [5.74, 6) is -1.12. The largest absolute Gasteiger partial charge is 0.335 e. The van der Waals surface area contributed by atoms with Crippen LogP contribution in [0, 0.1) is 0 Å². The molecule has 0 spiro atoms. The topological polar surface area (TPSA) is 57.7 Å². The molecule has 1 aromatic carbocycles. The van der Waals surface area contributed by atoms with E-state index in [9.17, 15) is 14.4 Å². The van der Waals surface area contributed by atoms with E-state index in [0.29, 0.717) is 37.3 Å². The molecule has 0 aliphatic carbocycles. The van der Waals surface area contributed by atoms with Crippen LogP contribution < -0.4 is 0 Å². The predicted octanol–water partition coefficient (Wildman–Crippen LogP) is 1.12. The number of carbonyl (C=O) groups excluding carboxylic acids is 3. The Balaban J connectivity index is 1.96. The lowest BCUT2D eigenvalue weighted by atomic mass is 10.1. The Morgan fingerprint density at radius 1 is 0.905 bits per heavy atom. The summed E-state index contributed by atoms with van der Waals surface area (Å²) in [6.45, 7) is 6.89.